The molecule has 0 bridgehead atoms. The van der Waals surface area contributed by atoms with E-state index in [1.54, 1.807) is 7.11 Å². The van der Waals surface area contributed by atoms with Crippen LogP contribution in [0.3, 0.4) is 0 Å². The topological polar surface area (TPSA) is 38.8 Å². The summed E-state index contributed by atoms with van der Waals surface area (Å²) in [4.78, 5) is 14.6. The molecule has 0 saturated carbocycles. The lowest BCUT2D eigenvalue weighted by molar-refractivity contribution is 0.00202. The molecule has 2 rings (SSSR count). The third kappa shape index (κ3) is 4.20. The second-order valence-corrected chi connectivity index (χ2v) is 6.15. The predicted molar refractivity (Wildman–Crippen MR) is 85.9 cm³/mol. The summed E-state index contributed by atoms with van der Waals surface area (Å²) in [6.45, 7) is 4.30. The molecule has 4 nitrogen and oxygen atoms in total. The van der Waals surface area contributed by atoms with Crippen LogP contribution < -0.4 is 4.74 Å². The molecule has 116 valence electrons. The number of carbonyl (C=O) groups is 1. The Hall–Kier alpha value is -1.07. The fourth-order valence-electron chi connectivity index (χ4n) is 2.56. The molecule has 1 atom stereocenters. The lowest BCUT2D eigenvalue weighted by Crippen LogP contribution is -2.43. The minimum absolute atomic E-state index is 0.0177. The smallest absolute Gasteiger partial charge is 0.257 e. The molecule has 1 heterocycles. The number of hydrogen-bond donors (Lipinski definition) is 0. The Balaban J connectivity index is 2.08. The molecule has 1 amide bonds. The maximum absolute atomic E-state index is 12.7. The summed E-state index contributed by atoms with van der Waals surface area (Å²) < 4.78 is 12.0. The molecule has 1 aliphatic heterocycles. The first-order valence-corrected chi connectivity index (χ1v) is 8.19. The highest BCUT2D eigenvalue weighted by Gasteiger charge is 2.26. The van der Waals surface area contributed by atoms with E-state index in [4.69, 9.17) is 9.47 Å². The summed E-state index contributed by atoms with van der Waals surface area (Å²) in [5, 5.41) is 0. The number of ether oxygens (including phenoxy) is 2. The van der Waals surface area contributed by atoms with Crippen molar-refractivity contribution in [2.75, 3.05) is 26.8 Å². The van der Waals surface area contributed by atoms with E-state index in [-0.39, 0.29) is 12.0 Å². The third-order valence-electron chi connectivity index (χ3n) is 3.62. The Morgan fingerprint density at radius 2 is 2.29 bits per heavy atom. The van der Waals surface area contributed by atoms with Crippen molar-refractivity contribution < 1.29 is 14.3 Å². The highest BCUT2D eigenvalue weighted by atomic mass is 79.9. The average molecular weight is 356 g/mol. The van der Waals surface area contributed by atoms with Gasteiger partial charge in [-0.15, -0.1) is 0 Å². The van der Waals surface area contributed by atoms with Gasteiger partial charge in [-0.05, 0) is 37.5 Å². The molecule has 0 N–H and O–H groups in total. The Labute approximate surface area is 134 Å². The summed E-state index contributed by atoms with van der Waals surface area (Å²) in [6.07, 6.45) is 3.18. The standard InChI is InChI=1S/C16H22BrNO3/c1-3-9-21-13-5-4-8-18(11-13)16(19)14-7-6-12(17)10-15(14)20-2/h6-7,10,13H,3-5,8-9,11H2,1-2H3. The minimum Gasteiger partial charge on any atom is -0.496 e. The van der Waals surface area contributed by atoms with Gasteiger partial charge in [-0.1, -0.05) is 22.9 Å². The quantitative estimate of drug-likeness (QED) is 0.811. The Kier molecular flexibility index (Phi) is 6.06. The summed E-state index contributed by atoms with van der Waals surface area (Å²) in [7, 11) is 1.59. The van der Waals surface area contributed by atoms with Crippen LogP contribution in [-0.4, -0.2) is 43.7 Å². The van der Waals surface area contributed by atoms with E-state index >= 15 is 0 Å². The largest absolute Gasteiger partial charge is 0.496 e. The Bertz CT molecular complexity index is 492. The van der Waals surface area contributed by atoms with Crippen molar-refractivity contribution in [1.82, 2.24) is 4.90 Å². The van der Waals surface area contributed by atoms with Crippen molar-refractivity contribution >= 4 is 21.8 Å². The van der Waals surface area contributed by atoms with Gasteiger partial charge >= 0.3 is 0 Å². The first kappa shape index (κ1) is 16.3. The summed E-state index contributed by atoms with van der Waals surface area (Å²) in [5.41, 5.74) is 0.608. The van der Waals surface area contributed by atoms with Crippen LogP contribution in [-0.2, 0) is 4.74 Å². The fourth-order valence-corrected chi connectivity index (χ4v) is 2.90. The van der Waals surface area contributed by atoms with Gasteiger partial charge in [-0.3, -0.25) is 4.79 Å². The first-order chi connectivity index (χ1) is 10.2. The first-order valence-electron chi connectivity index (χ1n) is 7.40. The SMILES string of the molecule is CCCOC1CCCN(C(=O)c2ccc(Br)cc2OC)C1. The lowest BCUT2D eigenvalue weighted by Gasteiger charge is -2.33. The molecule has 1 aromatic carbocycles. The maximum atomic E-state index is 12.7. The van der Waals surface area contributed by atoms with E-state index in [0.717, 1.165) is 36.9 Å². The monoisotopic (exact) mass is 355 g/mol. The number of hydrogen-bond acceptors (Lipinski definition) is 3. The van der Waals surface area contributed by atoms with Crippen LogP contribution in [0.5, 0.6) is 5.75 Å². The van der Waals surface area contributed by atoms with Gasteiger partial charge in [0.1, 0.15) is 5.75 Å². The molecule has 1 fully saturated rings. The molecule has 0 radical (unpaired) electrons. The van der Waals surface area contributed by atoms with Crippen molar-refractivity contribution in [3.05, 3.63) is 28.2 Å². The van der Waals surface area contributed by atoms with Crippen LogP contribution in [0, 0.1) is 0 Å². The van der Waals surface area contributed by atoms with Gasteiger partial charge in [0.2, 0.25) is 0 Å². The maximum Gasteiger partial charge on any atom is 0.257 e. The number of halogens is 1. The zero-order valence-corrected chi connectivity index (χ0v) is 14.2. The average Bonchev–Trinajstić information content (AvgIpc) is 2.52. The van der Waals surface area contributed by atoms with Crippen LogP contribution >= 0.6 is 15.9 Å². The summed E-state index contributed by atoms with van der Waals surface area (Å²) in [6, 6.07) is 5.49. The van der Waals surface area contributed by atoms with Crippen LogP contribution in [0.1, 0.15) is 36.5 Å². The van der Waals surface area contributed by atoms with E-state index < -0.39 is 0 Å². The van der Waals surface area contributed by atoms with E-state index in [9.17, 15) is 4.79 Å². The zero-order valence-electron chi connectivity index (χ0n) is 12.6. The second kappa shape index (κ2) is 7.80. The Morgan fingerprint density at radius 1 is 1.48 bits per heavy atom. The van der Waals surface area contributed by atoms with E-state index in [1.807, 2.05) is 23.1 Å². The highest BCUT2D eigenvalue weighted by molar-refractivity contribution is 9.10. The van der Waals surface area contributed by atoms with Crippen LogP contribution in [0.25, 0.3) is 0 Å². The highest BCUT2D eigenvalue weighted by Crippen LogP contribution is 2.26. The fraction of sp³-hybridized carbons (Fsp3) is 0.562. The lowest BCUT2D eigenvalue weighted by atomic mass is 10.1. The molecule has 1 aromatic rings. The van der Waals surface area contributed by atoms with Gasteiger partial charge in [0.05, 0.1) is 18.8 Å². The molecule has 21 heavy (non-hydrogen) atoms. The molecule has 0 spiro atoms. The number of methoxy groups -OCH3 is 1. The van der Waals surface area contributed by atoms with E-state index in [0.29, 0.717) is 17.9 Å². The van der Waals surface area contributed by atoms with Crippen LogP contribution in [0.15, 0.2) is 22.7 Å². The van der Waals surface area contributed by atoms with Crippen LogP contribution in [0.2, 0.25) is 0 Å². The van der Waals surface area contributed by atoms with Gasteiger partial charge in [0.25, 0.3) is 5.91 Å². The van der Waals surface area contributed by atoms with Crippen molar-refractivity contribution in [2.24, 2.45) is 0 Å². The number of likely N-dealkylation sites (tertiary alicyclic amines) is 1. The molecule has 0 aromatic heterocycles. The van der Waals surface area contributed by atoms with Gasteiger partial charge in [-0.25, -0.2) is 0 Å². The van der Waals surface area contributed by atoms with E-state index in [1.165, 1.54) is 0 Å². The van der Waals surface area contributed by atoms with Gasteiger partial charge in [0, 0.05) is 24.2 Å². The Morgan fingerprint density at radius 3 is 3.00 bits per heavy atom. The molecular formula is C16H22BrNO3. The number of benzene rings is 1. The molecule has 5 heteroatoms. The predicted octanol–water partition coefficient (Wildman–Crippen LogP) is 3.49. The number of amides is 1. The molecule has 1 aliphatic rings. The van der Waals surface area contributed by atoms with Gasteiger partial charge < -0.3 is 14.4 Å². The summed E-state index contributed by atoms with van der Waals surface area (Å²) in [5.74, 6) is 0.620. The third-order valence-corrected chi connectivity index (χ3v) is 4.11. The van der Waals surface area contributed by atoms with Gasteiger partial charge in [-0.2, -0.15) is 0 Å². The van der Waals surface area contributed by atoms with Crippen molar-refractivity contribution in [3.63, 3.8) is 0 Å². The van der Waals surface area contributed by atoms with Crippen molar-refractivity contribution in [3.8, 4) is 5.75 Å². The zero-order chi connectivity index (χ0) is 15.2. The molecule has 0 aliphatic carbocycles. The van der Waals surface area contributed by atoms with Crippen molar-refractivity contribution in [1.29, 1.82) is 0 Å². The van der Waals surface area contributed by atoms with Crippen molar-refractivity contribution in [2.45, 2.75) is 32.3 Å². The van der Waals surface area contributed by atoms with Gasteiger partial charge in [0.15, 0.2) is 0 Å². The second-order valence-electron chi connectivity index (χ2n) is 5.23. The van der Waals surface area contributed by atoms with E-state index in [2.05, 4.69) is 22.9 Å². The van der Waals surface area contributed by atoms with Crippen LogP contribution in [0.4, 0.5) is 0 Å². The number of nitrogens with zero attached hydrogens (tertiary/aromatic N) is 1. The summed E-state index contributed by atoms with van der Waals surface area (Å²) >= 11 is 3.40. The number of piperidine rings is 1. The molecule has 1 saturated heterocycles. The molecular weight excluding hydrogens is 334 g/mol. The normalized spacial score (nSPS) is 18.6. The minimum atomic E-state index is 0.0177. The molecule has 1 unspecified atom stereocenters. The number of rotatable bonds is 5. The number of carbonyl (C=O) groups excluding carboxylic acids is 1.